The van der Waals surface area contributed by atoms with Crippen molar-refractivity contribution in [3.05, 3.63) is 35.4 Å². The largest absolute Gasteiger partial charge is 0.340 e. The highest BCUT2D eigenvalue weighted by Gasteiger charge is 2.27. The summed E-state index contributed by atoms with van der Waals surface area (Å²) in [5, 5.41) is 3.44. The summed E-state index contributed by atoms with van der Waals surface area (Å²) in [6.45, 7) is 9.78. The van der Waals surface area contributed by atoms with Crippen LogP contribution in [0.15, 0.2) is 24.3 Å². The lowest BCUT2D eigenvalue weighted by Crippen LogP contribution is -2.52. The van der Waals surface area contributed by atoms with Crippen LogP contribution in [0.5, 0.6) is 0 Å². The van der Waals surface area contributed by atoms with Gasteiger partial charge in [0.05, 0.1) is 6.54 Å². The third-order valence-corrected chi connectivity index (χ3v) is 5.41. The minimum atomic E-state index is 0. The number of nitrogens with zero attached hydrogens (tertiary/aromatic N) is 3. The summed E-state index contributed by atoms with van der Waals surface area (Å²) in [4.78, 5) is 19.3. The summed E-state index contributed by atoms with van der Waals surface area (Å²) in [6, 6.07) is 8.99. The predicted octanol–water partition coefficient (Wildman–Crippen LogP) is 1.35. The lowest BCUT2D eigenvalue weighted by molar-refractivity contribution is -0.132. The molecule has 1 N–H and O–H groups in total. The van der Waals surface area contributed by atoms with E-state index in [4.69, 9.17) is 0 Å². The van der Waals surface area contributed by atoms with Gasteiger partial charge >= 0.3 is 0 Å². The third kappa shape index (κ3) is 5.42. The molecule has 0 radical (unpaired) electrons. The van der Waals surface area contributed by atoms with Crippen molar-refractivity contribution in [3.8, 4) is 0 Å². The SMILES string of the molecule is Cc1ccccc1CN(C)C(=O)CN1CCN(C2CCNC2)CC1.Cl. The van der Waals surface area contributed by atoms with Crippen molar-refractivity contribution in [2.24, 2.45) is 0 Å². The Labute approximate surface area is 157 Å². The van der Waals surface area contributed by atoms with Crippen LogP contribution in [0.1, 0.15) is 17.5 Å². The molecule has 1 unspecified atom stereocenters. The summed E-state index contributed by atoms with van der Waals surface area (Å²) in [7, 11) is 1.91. The number of carbonyl (C=O) groups excluding carboxylic acids is 1. The standard InChI is InChI=1S/C19H30N4O.ClH/c1-16-5-3-4-6-17(16)14-21(2)19(24)15-22-9-11-23(12-10-22)18-7-8-20-13-18;/h3-6,18,20H,7-15H2,1-2H3;1H. The highest BCUT2D eigenvalue weighted by atomic mass is 35.5. The first-order valence-electron chi connectivity index (χ1n) is 9.09. The number of hydrogen-bond donors (Lipinski definition) is 1. The van der Waals surface area contributed by atoms with E-state index >= 15 is 0 Å². The molecule has 6 heteroatoms. The van der Waals surface area contributed by atoms with Crippen LogP contribution in [0.2, 0.25) is 0 Å². The normalized spacial score (nSPS) is 21.8. The quantitative estimate of drug-likeness (QED) is 0.854. The van der Waals surface area contributed by atoms with Gasteiger partial charge in [0.2, 0.25) is 5.91 Å². The van der Waals surface area contributed by atoms with Crippen LogP contribution in [0.3, 0.4) is 0 Å². The zero-order valence-electron chi connectivity index (χ0n) is 15.4. The summed E-state index contributed by atoms with van der Waals surface area (Å²) in [5.41, 5.74) is 2.47. The predicted molar refractivity (Wildman–Crippen MR) is 104 cm³/mol. The van der Waals surface area contributed by atoms with Crippen molar-refractivity contribution in [3.63, 3.8) is 0 Å². The minimum absolute atomic E-state index is 0. The van der Waals surface area contributed by atoms with Gasteiger partial charge in [-0.05, 0) is 31.0 Å². The Hall–Kier alpha value is -1.14. The molecule has 25 heavy (non-hydrogen) atoms. The Morgan fingerprint density at radius 1 is 1.24 bits per heavy atom. The van der Waals surface area contributed by atoms with E-state index in [-0.39, 0.29) is 18.3 Å². The molecule has 0 bridgehead atoms. The third-order valence-electron chi connectivity index (χ3n) is 5.41. The molecule has 1 atom stereocenters. The van der Waals surface area contributed by atoms with E-state index in [2.05, 4.69) is 34.2 Å². The second-order valence-corrected chi connectivity index (χ2v) is 7.14. The van der Waals surface area contributed by atoms with E-state index in [9.17, 15) is 4.79 Å². The molecule has 2 aliphatic rings. The fourth-order valence-electron chi connectivity index (χ4n) is 3.68. The van der Waals surface area contributed by atoms with Crippen molar-refractivity contribution in [2.45, 2.75) is 25.9 Å². The van der Waals surface area contributed by atoms with Crippen LogP contribution in [-0.2, 0) is 11.3 Å². The zero-order valence-corrected chi connectivity index (χ0v) is 16.2. The number of benzene rings is 1. The molecule has 2 heterocycles. The van der Waals surface area contributed by atoms with Crippen LogP contribution in [0, 0.1) is 6.92 Å². The molecule has 0 aromatic heterocycles. The zero-order chi connectivity index (χ0) is 16.9. The molecule has 5 nitrogen and oxygen atoms in total. The minimum Gasteiger partial charge on any atom is -0.340 e. The van der Waals surface area contributed by atoms with Gasteiger partial charge in [0, 0.05) is 52.4 Å². The number of amides is 1. The van der Waals surface area contributed by atoms with Crippen molar-refractivity contribution in [2.75, 3.05) is 52.9 Å². The molecular weight excluding hydrogens is 336 g/mol. The molecule has 2 aliphatic heterocycles. The maximum Gasteiger partial charge on any atom is 0.236 e. The fraction of sp³-hybridized carbons (Fsp3) is 0.632. The van der Waals surface area contributed by atoms with Gasteiger partial charge in [-0.25, -0.2) is 0 Å². The first-order valence-corrected chi connectivity index (χ1v) is 9.09. The van der Waals surface area contributed by atoms with E-state index in [1.54, 1.807) is 0 Å². The molecule has 1 aromatic carbocycles. The molecule has 1 aromatic rings. The number of nitrogens with one attached hydrogen (secondary N) is 1. The average Bonchev–Trinajstić information content (AvgIpc) is 3.12. The van der Waals surface area contributed by atoms with Gasteiger partial charge in [-0.1, -0.05) is 24.3 Å². The van der Waals surface area contributed by atoms with Crippen LogP contribution < -0.4 is 5.32 Å². The van der Waals surface area contributed by atoms with Crippen molar-refractivity contribution < 1.29 is 4.79 Å². The molecule has 140 valence electrons. The van der Waals surface area contributed by atoms with Crippen LogP contribution in [0.4, 0.5) is 0 Å². The molecule has 0 saturated carbocycles. The number of hydrogen-bond acceptors (Lipinski definition) is 4. The van der Waals surface area contributed by atoms with Gasteiger partial charge in [0.15, 0.2) is 0 Å². The van der Waals surface area contributed by atoms with Crippen molar-refractivity contribution in [1.29, 1.82) is 0 Å². The van der Waals surface area contributed by atoms with Crippen LogP contribution >= 0.6 is 12.4 Å². The van der Waals surface area contributed by atoms with E-state index in [1.165, 1.54) is 17.5 Å². The van der Waals surface area contributed by atoms with Gasteiger partial charge in [-0.15, -0.1) is 12.4 Å². The number of aryl methyl sites for hydroxylation is 1. The lowest BCUT2D eigenvalue weighted by atomic mass is 10.1. The Balaban J connectivity index is 0.00000225. The molecule has 0 spiro atoms. The van der Waals surface area contributed by atoms with Gasteiger partial charge < -0.3 is 10.2 Å². The number of halogens is 1. The fourth-order valence-corrected chi connectivity index (χ4v) is 3.68. The second kappa shape index (κ2) is 9.53. The maximum atomic E-state index is 12.5. The first kappa shape index (κ1) is 20.2. The Morgan fingerprint density at radius 3 is 2.60 bits per heavy atom. The van der Waals surface area contributed by atoms with Crippen LogP contribution in [0.25, 0.3) is 0 Å². The molecule has 2 saturated heterocycles. The number of likely N-dealkylation sites (N-methyl/N-ethyl adjacent to an activating group) is 1. The van der Waals surface area contributed by atoms with Crippen molar-refractivity contribution >= 4 is 18.3 Å². The average molecular weight is 367 g/mol. The number of carbonyl (C=O) groups is 1. The van der Waals surface area contributed by atoms with Crippen LogP contribution in [-0.4, -0.2) is 79.5 Å². The highest BCUT2D eigenvalue weighted by molar-refractivity contribution is 5.85. The molecule has 0 aliphatic carbocycles. The number of piperazine rings is 1. The van der Waals surface area contributed by atoms with Gasteiger partial charge in [-0.2, -0.15) is 0 Å². The number of rotatable bonds is 5. The second-order valence-electron chi connectivity index (χ2n) is 7.14. The van der Waals surface area contributed by atoms with E-state index in [0.29, 0.717) is 19.1 Å². The molecule has 1 amide bonds. The summed E-state index contributed by atoms with van der Waals surface area (Å²) in [5.74, 6) is 0.217. The molecule has 2 fully saturated rings. The lowest BCUT2D eigenvalue weighted by Gasteiger charge is -2.37. The smallest absolute Gasteiger partial charge is 0.236 e. The van der Waals surface area contributed by atoms with Gasteiger partial charge in [-0.3, -0.25) is 14.6 Å². The Kier molecular flexibility index (Phi) is 7.69. The Morgan fingerprint density at radius 2 is 1.96 bits per heavy atom. The molecule has 3 rings (SSSR count). The maximum absolute atomic E-state index is 12.5. The summed E-state index contributed by atoms with van der Waals surface area (Å²) >= 11 is 0. The first-order chi connectivity index (χ1) is 11.6. The summed E-state index contributed by atoms with van der Waals surface area (Å²) in [6.07, 6.45) is 1.26. The summed E-state index contributed by atoms with van der Waals surface area (Å²) < 4.78 is 0. The van der Waals surface area contributed by atoms with Crippen molar-refractivity contribution in [1.82, 2.24) is 20.0 Å². The van der Waals surface area contributed by atoms with Gasteiger partial charge in [0.25, 0.3) is 0 Å². The Bertz CT molecular complexity index is 554. The van der Waals surface area contributed by atoms with E-state index in [1.807, 2.05) is 24.1 Å². The van der Waals surface area contributed by atoms with Gasteiger partial charge in [0.1, 0.15) is 0 Å². The highest BCUT2D eigenvalue weighted by Crippen LogP contribution is 2.13. The monoisotopic (exact) mass is 366 g/mol. The molecular formula is C19H31ClN4O. The topological polar surface area (TPSA) is 38.8 Å². The van der Waals surface area contributed by atoms with E-state index in [0.717, 1.165) is 39.3 Å². The van der Waals surface area contributed by atoms with E-state index < -0.39 is 0 Å².